The van der Waals surface area contributed by atoms with Crippen molar-refractivity contribution in [1.82, 2.24) is 5.32 Å². The van der Waals surface area contributed by atoms with Crippen molar-refractivity contribution in [1.29, 1.82) is 0 Å². The second kappa shape index (κ2) is 8.62. The number of amides is 1. The third-order valence-corrected chi connectivity index (χ3v) is 3.69. The molecular formula is C16H26BrN3O2. The van der Waals surface area contributed by atoms with Crippen LogP contribution < -0.4 is 16.4 Å². The number of carbonyl (C=O) groups is 1. The summed E-state index contributed by atoms with van der Waals surface area (Å²) >= 11 is 3.33. The average molecular weight is 372 g/mol. The van der Waals surface area contributed by atoms with E-state index in [2.05, 4.69) is 33.5 Å². The van der Waals surface area contributed by atoms with Crippen LogP contribution in [0.15, 0.2) is 28.7 Å². The predicted octanol–water partition coefficient (Wildman–Crippen LogP) is 2.59. The Labute approximate surface area is 140 Å². The van der Waals surface area contributed by atoms with E-state index in [0.717, 1.165) is 17.3 Å². The number of carbonyl (C=O) groups excluding carboxylic acids is 1. The summed E-state index contributed by atoms with van der Waals surface area (Å²) in [5, 5.41) is 15.7. The number of rotatable bonds is 8. The molecule has 0 aliphatic rings. The number of nitrogens with two attached hydrogens (primary N) is 1. The number of aliphatic hydroxyl groups is 1. The van der Waals surface area contributed by atoms with E-state index < -0.39 is 12.1 Å². The lowest BCUT2D eigenvalue weighted by molar-refractivity contribution is -0.126. The van der Waals surface area contributed by atoms with Gasteiger partial charge in [0.25, 0.3) is 5.91 Å². The summed E-state index contributed by atoms with van der Waals surface area (Å²) in [6.07, 6.45) is 1.23. The van der Waals surface area contributed by atoms with Crippen LogP contribution in [-0.4, -0.2) is 28.8 Å². The van der Waals surface area contributed by atoms with Crippen molar-refractivity contribution in [2.75, 3.05) is 5.32 Å². The van der Waals surface area contributed by atoms with E-state index in [1.54, 1.807) is 12.1 Å². The number of aliphatic hydroxyl groups excluding tert-OH is 1. The largest absolute Gasteiger partial charge is 0.370 e. The molecule has 0 heterocycles. The van der Waals surface area contributed by atoms with Crippen LogP contribution >= 0.6 is 15.9 Å². The van der Waals surface area contributed by atoms with Gasteiger partial charge < -0.3 is 16.2 Å². The van der Waals surface area contributed by atoms with Crippen molar-refractivity contribution in [3.63, 3.8) is 0 Å². The molecule has 0 spiro atoms. The molecule has 2 atom stereocenters. The highest BCUT2D eigenvalue weighted by molar-refractivity contribution is 9.10. The molecule has 22 heavy (non-hydrogen) atoms. The molecule has 0 radical (unpaired) electrons. The fourth-order valence-corrected chi connectivity index (χ4v) is 2.53. The van der Waals surface area contributed by atoms with Gasteiger partial charge in [-0.25, -0.2) is 0 Å². The molecule has 0 fully saturated rings. The maximum atomic E-state index is 12.0. The lowest BCUT2D eigenvalue weighted by Crippen LogP contribution is -2.49. The molecule has 0 aliphatic carbocycles. The average Bonchev–Trinajstić information content (AvgIpc) is 2.39. The zero-order valence-electron chi connectivity index (χ0n) is 13.4. The summed E-state index contributed by atoms with van der Waals surface area (Å²) in [5.41, 5.74) is 6.32. The summed E-state index contributed by atoms with van der Waals surface area (Å²) in [6, 6.07) is 7.18. The van der Waals surface area contributed by atoms with Crippen LogP contribution in [0.25, 0.3) is 0 Å². The van der Waals surface area contributed by atoms with Gasteiger partial charge in [0, 0.05) is 21.7 Å². The molecule has 5 nitrogen and oxygen atoms in total. The van der Waals surface area contributed by atoms with Gasteiger partial charge in [-0.15, -0.1) is 0 Å². The molecule has 5 N–H and O–H groups in total. The van der Waals surface area contributed by atoms with Gasteiger partial charge in [0.15, 0.2) is 6.23 Å². The fraction of sp³-hybridized carbons (Fsp3) is 0.562. The van der Waals surface area contributed by atoms with E-state index in [1.807, 2.05) is 26.0 Å². The van der Waals surface area contributed by atoms with Crippen molar-refractivity contribution in [2.24, 2.45) is 5.73 Å². The highest BCUT2D eigenvalue weighted by Gasteiger charge is 2.23. The van der Waals surface area contributed by atoms with Gasteiger partial charge in [-0.05, 0) is 51.0 Å². The van der Waals surface area contributed by atoms with Crippen LogP contribution in [0.3, 0.4) is 0 Å². The maximum absolute atomic E-state index is 12.0. The van der Waals surface area contributed by atoms with Gasteiger partial charge in [-0.3, -0.25) is 10.1 Å². The number of hydrogen-bond acceptors (Lipinski definition) is 4. The highest BCUT2D eigenvalue weighted by atomic mass is 79.9. The smallest absolute Gasteiger partial charge is 0.268 e. The Hall–Kier alpha value is -0.950. The standard InChI is InChI=1S/C16H26BrN3O2/c1-4-5-13(10-16(2,3)18)20-15(22)14(21)19-12-8-6-11(17)7-9-12/h6-9,13,15,20,22H,4-5,10,18H2,1-3H3,(H,19,21). The molecule has 0 bridgehead atoms. The Kier molecular flexibility index (Phi) is 7.48. The number of halogens is 1. The van der Waals surface area contributed by atoms with Crippen molar-refractivity contribution in [3.05, 3.63) is 28.7 Å². The van der Waals surface area contributed by atoms with Crippen LogP contribution in [-0.2, 0) is 4.79 Å². The number of hydrogen-bond donors (Lipinski definition) is 4. The Morgan fingerprint density at radius 1 is 1.36 bits per heavy atom. The summed E-state index contributed by atoms with van der Waals surface area (Å²) < 4.78 is 0.928. The van der Waals surface area contributed by atoms with Gasteiger partial charge >= 0.3 is 0 Å². The minimum absolute atomic E-state index is 0.00401. The monoisotopic (exact) mass is 371 g/mol. The van der Waals surface area contributed by atoms with Gasteiger partial charge in [0.2, 0.25) is 0 Å². The first-order valence-electron chi connectivity index (χ1n) is 7.50. The molecule has 1 aromatic rings. The Morgan fingerprint density at radius 2 is 1.95 bits per heavy atom. The van der Waals surface area contributed by atoms with E-state index in [0.29, 0.717) is 12.1 Å². The van der Waals surface area contributed by atoms with Crippen molar-refractivity contribution in [3.8, 4) is 0 Å². The van der Waals surface area contributed by atoms with Crippen LogP contribution in [0.1, 0.15) is 40.0 Å². The Morgan fingerprint density at radius 3 is 2.45 bits per heavy atom. The molecule has 1 amide bonds. The number of nitrogens with one attached hydrogen (secondary N) is 2. The summed E-state index contributed by atoms with van der Waals surface area (Å²) in [6.45, 7) is 5.93. The molecule has 0 aliphatic heterocycles. The molecule has 0 saturated heterocycles. The van der Waals surface area contributed by atoms with Gasteiger partial charge in [-0.2, -0.15) is 0 Å². The molecule has 0 saturated carbocycles. The van der Waals surface area contributed by atoms with E-state index in [1.165, 1.54) is 0 Å². The Balaban J connectivity index is 2.58. The first kappa shape index (κ1) is 19.1. The molecule has 1 rings (SSSR count). The summed E-state index contributed by atoms with van der Waals surface area (Å²) in [5.74, 6) is -0.474. The van der Waals surface area contributed by atoms with E-state index >= 15 is 0 Å². The Bertz CT molecular complexity index is 471. The molecule has 6 heteroatoms. The fourth-order valence-electron chi connectivity index (χ4n) is 2.27. The van der Waals surface area contributed by atoms with E-state index in [4.69, 9.17) is 5.73 Å². The molecule has 1 aromatic carbocycles. The summed E-state index contributed by atoms with van der Waals surface area (Å²) in [7, 11) is 0. The minimum atomic E-state index is -1.26. The zero-order chi connectivity index (χ0) is 16.8. The maximum Gasteiger partial charge on any atom is 0.268 e. The minimum Gasteiger partial charge on any atom is -0.370 e. The first-order valence-corrected chi connectivity index (χ1v) is 8.30. The highest BCUT2D eigenvalue weighted by Crippen LogP contribution is 2.15. The normalized spacial score (nSPS) is 14.5. The van der Waals surface area contributed by atoms with Crippen molar-refractivity contribution in [2.45, 2.75) is 57.8 Å². The van der Waals surface area contributed by atoms with E-state index in [-0.39, 0.29) is 11.6 Å². The SMILES string of the molecule is CCCC(CC(C)(C)N)NC(O)C(=O)Nc1ccc(Br)cc1. The van der Waals surface area contributed by atoms with Crippen LogP contribution in [0.5, 0.6) is 0 Å². The van der Waals surface area contributed by atoms with E-state index in [9.17, 15) is 9.90 Å². The lowest BCUT2D eigenvalue weighted by Gasteiger charge is -2.28. The third-order valence-electron chi connectivity index (χ3n) is 3.16. The van der Waals surface area contributed by atoms with Gasteiger partial charge in [-0.1, -0.05) is 29.3 Å². The van der Waals surface area contributed by atoms with Crippen LogP contribution in [0, 0.1) is 0 Å². The molecule has 0 aromatic heterocycles. The molecule has 2 unspecified atom stereocenters. The lowest BCUT2D eigenvalue weighted by atomic mass is 9.94. The van der Waals surface area contributed by atoms with Crippen LogP contribution in [0.4, 0.5) is 5.69 Å². The zero-order valence-corrected chi connectivity index (χ0v) is 15.0. The quantitative estimate of drug-likeness (QED) is 0.529. The van der Waals surface area contributed by atoms with Gasteiger partial charge in [0.05, 0.1) is 0 Å². The van der Waals surface area contributed by atoms with Gasteiger partial charge in [0.1, 0.15) is 0 Å². The molecule has 124 valence electrons. The molecular weight excluding hydrogens is 346 g/mol. The summed E-state index contributed by atoms with van der Waals surface area (Å²) in [4.78, 5) is 12.0. The second-order valence-corrected chi connectivity index (χ2v) is 7.16. The van der Waals surface area contributed by atoms with Crippen molar-refractivity contribution < 1.29 is 9.90 Å². The number of benzene rings is 1. The van der Waals surface area contributed by atoms with Crippen molar-refractivity contribution >= 4 is 27.5 Å². The predicted molar refractivity (Wildman–Crippen MR) is 93.5 cm³/mol. The number of anilines is 1. The first-order chi connectivity index (χ1) is 10.2. The third kappa shape index (κ3) is 7.35. The van der Waals surface area contributed by atoms with Crippen LogP contribution in [0.2, 0.25) is 0 Å². The second-order valence-electron chi connectivity index (χ2n) is 6.24. The topological polar surface area (TPSA) is 87.4 Å².